The molecule has 0 saturated carbocycles. The summed E-state index contributed by atoms with van der Waals surface area (Å²) in [4.78, 5) is 28.8. The molecule has 15 heteroatoms. The SMILES string of the molecule is CC(C)OC(=O)N[C@H]1Cc2ncc(NC(=O)c3c(Cl)cccc3Cl)cc2N(S(=O)(=O)c2cccc(C(F)(F)F)c2)C1. The predicted molar refractivity (Wildman–Crippen MR) is 147 cm³/mol. The van der Waals surface area contributed by atoms with Crippen LogP contribution < -0.4 is 14.9 Å². The molecule has 3 aromatic rings. The van der Waals surface area contributed by atoms with E-state index in [0.29, 0.717) is 6.07 Å². The van der Waals surface area contributed by atoms with Gasteiger partial charge in [0.15, 0.2) is 0 Å². The third-order valence-corrected chi connectivity index (χ3v) is 8.31. The number of anilines is 2. The standard InChI is InChI=1S/C26H23Cl2F3N4O5S/c1-14(2)40-25(37)34-17-10-21-22(11-16(12-32-21)33-24(36)23-19(27)7-4-8-20(23)28)35(13-17)41(38,39)18-6-3-5-15(9-18)26(29,30)31/h3-9,11-12,14,17H,10,13H2,1-2H3,(H,33,36)(H,34,37)/t17-/m0/s1. The first-order chi connectivity index (χ1) is 19.2. The van der Waals surface area contributed by atoms with Gasteiger partial charge in [0.25, 0.3) is 15.9 Å². The Balaban J connectivity index is 1.74. The molecule has 0 radical (unpaired) electrons. The van der Waals surface area contributed by atoms with E-state index in [1.807, 2.05) is 0 Å². The maximum Gasteiger partial charge on any atom is 0.416 e. The fraction of sp³-hybridized carbons (Fsp3) is 0.269. The van der Waals surface area contributed by atoms with Crippen LogP contribution in [-0.4, -0.2) is 44.1 Å². The van der Waals surface area contributed by atoms with Crippen LogP contribution in [-0.2, 0) is 27.4 Å². The van der Waals surface area contributed by atoms with Crippen LogP contribution in [0, 0.1) is 0 Å². The van der Waals surface area contributed by atoms with Crippen LogP contribution in [0.3, 0.4) is 0 Å². The summed E-state index contributed by atoms with van der Waals surface area (Å²) >= 11 is 12.2. The number of halogens is 5. The van der Waals surface area contributed by atoms with Crippen LogP contribution in [0.15, 0.2) is 59.6 Å². The Labute approximate surface area is 243 Å². The summed E-state index contributed by atoms with van der Waals surface area (Å²) in [6.07, 6.45) is -4.70. The number of sulfonamides is 1. The third kappa shape index (κ3) is 6.85. The van der Waals surface area contributed by atoms with Crippen molar-refractivity contribution in [2.75, 3.05) is 16.2 Å². The number of benzene rings is 2. The van der Waals surface area contributed by atoms with E-state index in [4.69, 9.17) is 27.9 Å². The number of hydrogen-bond acceptors (Lipinski definition) is 6. The van der Waals surface area contributed by atoms with Gasteiger partial charge >= 0.3 is 12.3 Å². The molecule has 0 unspecified atom stereocenters. The van der Waals surface area contributed by atoms with Crippen molar-refractivity contribution in [1.29, 1.82) is 0 Å². The van der Waals surface area contributed by atoms with Gasteiger partial charge in [-0.05, 0) is 50.2 Å². The fourth-order valence-electron chi connectivity index (χ4n) is 4.13. The van der Waals surface area contributed by atoms with Crippen LogP contribution in [0.2, 0.25) is 10.0 Å². The van der Waals surface area contributed by atoms with Crippen molar-refractivity contribution in [1.82, 2.24) is 10.3 Å². The van der Waals surface area contributed by atoms with E-state index < -0.39 is 50.8 Å². The second-order valence-corrected chi connectivity index (χ2v) is 12.0. The van der Waals surface area contributed by atoms with Gasteiger partial charge in [0.1, 0.15) is 0 Å². The molecule has 0 fully saturated rings. The number of nitrogens with zero attached hydrogens (tertiary/aromatic N) is 2. The Hall–Kier alpha value is -3.55. The predicted octanol–water partition coefficient (Wildman–Crippen LogP) is 5.91. The molecule has 1 aromatic heterocycles. The minimum absolute atomic E-state index is 0.000689. The van der Waals surface area contributed by atoms with Crippen molar-refractivity contribution in [3.05, 3.63) is 81.6 Å². The van der Waals surface area contributed by atoms with Gasteiger partial charge in [0.05, 0.1) is 68.0 Å². The van der Waals surface area contributed by atoms with Crippen LogP contribution >= 0.6 is 23.2 Å². The van der Waals surface area contributed by atoms with Gasteiger partial charge in [-0.2, -0.15) is 13.2 Å². The number of rotatable bonds is 6. The number of aromatic nitrogens is 1. The first-order valence-corrected chi connectivity index (χ1v) is 14.3. The van der Waals surface area contributed by atoms with Crippen molar-refractivity contribution in [3.8, 4) is 0 Å². The molecule has 41 heavy (non-hydrogen) atoms. The van der Waals surface area contributed by atoms with Crippen LogP contribution in [0.4, 0.5) is 29.3 Å². The summed E-state index contributed by atoms with van der Waals surface area (Å²) in [5.74, 6) is -0.693. The van der Waals surface area contributed by atoms with Crippen molar-refractivity contribution < 1.29 is 35.9 Å². The van der Waals surface area contributed by atoms with Gasteiger partial charge in [-0.3, -0.25) is 14.1 Å². The van der Waals surface area contributed by atoms with Gasteiger partial charge < -0.3 is 15.4 Å². The molecule has 1 aliphatic rings. The number of pyridine rings is 1. The Morgan fingerprint density at radius 2 is 1.76 bits per heavy atom. The van der Waals surface area contributed by atoms with E-state index in [2.05, 4.69) is 15.6 Å². The minimum Gasteiger partial charge on any atom is -0.447 e. The minimum atomic E-state index is -4.78. The van der Waals surface area contributed by atoms with Crippen molar-refractivity contribution in [2.24, 2.45) is 0 Å². The van der Waals surface area contributed by atoms with E-state index in [0.717, 1.165) is 22.5 Å². The number of carbonyl (C=O) groups excluding carboxylic acids is 2. The molecule has 0 aliphatic carbocycles. The summed E-state index contributed by atoms with van der Waals surface area (Å²) in [5.41, 5.74) is -0.896. The summed E-state index contributed by atoms with van der Waals surface area (Å²) in [7, 11) is -4.61. The van der Waals surface area contributed by atoms with E-state index >= 15 is 0 Å². The number of hydrogen-bond donors (Lipinski definition) is 2. The third-order valence-electron chi connectivity index (χ3n) is 5.90. The molecule has 1 atom stereocenters. The van der Waals surface area contributed by atoms with Gasteiger partial charge in [0, 0.05) is 6.42 Å². The molecule has 2 heterocycles. The number of alkyl halides is 3. The van der Waals surface area contributed by atoms with Gasteiger partial charge in [-0.15, -0.1) is 0 Å². The number of amides is 2. The highest BCUT2D eigenvalue weighted by molar-refractivity contribution is 7.92. The maximum absolute atomic E-state index is 13.7. The number of alkyl carbamates (subject to hydrolysis) is 1. The lowest BCUT2D eigenvalue weighted by Gasteiger charge is -2.35. The van der Waals surface area contributed by atoms with E-state index in [9.17, 15) is 31.2 Å². The topological polar surface area (TPSA) is 118 Å². The van der Waals surface area contributed by atoms with Gasteiger partial charge in [-0.25, -0.2) is 13.2 Å². The van der Waals surface area contributed by atoms with E-state index in [1.54, 1.807) is 19.9 Å². The Bertz CT molecular complexity index is 1580. The maximum atomic E-state index is 13.7. The molecule has 4 rings (SSSR count). The molecule has 1 aliphatic heterocycles. The van der Waals surface area contributed by atoms with Crippen molar-refractivity contribution >= 4 is 56.6 Å². The smallest absolute Gasteiger partial charge is 0.416 e. The van der Waals surface area contributed by atoms with Crippen LogP contribution in [0.1, 0.15) is 35.5 Å². The first kappa shape index (κ1) is 30.4. The Kier molecular flexibility index (Phi) is 8.71. The molecule has 2 N–H and O–H groups in total. The van der Waals surface area contributed by atoms with Gasteiger partial charge in [-0.1, -0.05) is 35.3 Å². The highest BCUT2D eigenvalue weighted by Crippen LogP contribution is 2.36. The van der Waals surface area contributed by atoms with E-state index in [-0.39, 0.29) is 45.6 Å². The summed E-state index contributed by atoms with van der Waals surface area (Å²) < 4.78 is 73.6. The fourth-order valence-corrected chi connectivity index (χ4v) is 6.27. The number of fused-ring (bicyclic) bond motifs is 1. The summed E-state index contributed by atoms with van der Waals surface area (Å²) in [5, 5.41) is 5.30. The number of nitrogens with one attached hydrogen (secondary N) is 2. The molecule has 218 valence electrons. The molecular formula is C26H23Cl2F3N4O5S. The second kappa shape index (κ2) is 11.7. The summed E-state index contributed by atoms with van der Waals surface area (Å²) in [6, 6.07) is 8.28. The molecular weight excluding hydrogens is 608 g/mol. The second-order valence-electron chi connectivity index (χ2n) is 9.30. The lowest BCUT2D eigenvalue weighted by Crippen LogP contribution is -2.50. The number of carbonyl (C=O) groups is 2. The zero-order valence-corrected chi connectivity index (χ0v) is 23.8. The molecule has 0 bridgehead atoms. The molecule has 2 amide bonds. The lowest BCUT2D eigenvalue weighted by molar-refractivity contribution is -0.137. The quantitative estimate of drug-likeness (QED) is 0.349. The molecule has 2 aromatic carbocycles. The molecule has 9 nitrogen and oxygen atoms in total. The highest BCUT2D eigenvalue weighted by Gasteiger charge is 2.37. The zero-order valence-electron chi connectivity index (χ0n) is 21.5. The van der Waals surface area contributed by atoms with Crippen molar-refractivity contribution in [2.45, 2.75) is 43.5 Å². The highest BCUT2D eigenvalue weighted by atomic mass is 35.5. The lowest BCUT2D eigenvalue weighted by atomic mass is 10.0. The normalized spacial score (nSPS) is 15.3. The average molecular weight is 631 g/mol. The largest absolute Gasteiger partial charge is 0.447 e. The monoisotopic (exact) mass is 630 g/mol. The van der Waals surface area contributed by atoms with Crippen LogP contribution in [0.25, 0.3) is 0 Å². The summed E-state index contributed by atoms with van der Waals surface area (Å²) in [6.45, 7) is 2.91. The van der Waals surface area contributed by atoms with E-state index in [1.165, 1.54) is 24.4 Å². The first-order valence-electron chi connectivity index (χ1n) is 12.1. The molecule has 0 saturated heterocycles. The number of ether oxygens (including phenoxy) is 1. The van der Waals surface area contributed by atoms with Gasteiger partial charge in [0.2, 0.25) is 0 Å². The molecule has 0 spiro atoms. The Morgan fingerprint density at radius 3 is 2.39 bits per heavy atom. The zero-order chi connectivity index (χ0) is 30.1. The van der Waals surface area contributed by atoms with Crippen molar-refractivity contribution in [3.63, 3.8) is 0 Å². The van der Waals surface area contributed by atoms with Crippen LogP contribution in [0.5, 0.6) is 0 Å². The average Bonchev–Trinajstić information content (AvgIpc) is 2.87. The Morgan fingerprint density at radius 1 is 1.10 bits per heavy atom.